The van der Waals surface area contributed by atoms with Gasteiger partial charge < -0.3 is 20.5 Å². The number of nitrogens with zero attached hydrogens (tertiary/aromatic N) is 1. The predicted octanol–water partition coefficient (Wildman–Crippen LogP) is 2.47. The first-order valence-corrected chi connectivity index (χ1v) is 12.9. The van der Waals surface area contributed by atoms with Gasteiger partial charge in [0.05, 0.1) is 11.3 Å². The quantitative estimate of drug-likeness (QED) is 0.0604. The van der Waals surface area contributed by atoms with Gasteiger partial charge >= 0.3 is 16.1 Å². The van der Waals surface area contributed by atoms with Gasteiger partial charge in [0.1, 0.15) is 5.36 Å². The zero-order valence-corrected chi connectivity index (χ0v) is 20.2. The van der Waals surface area contributed by atoms with Crippen molar-refractivity contribution in [2.24, 2.45) is 5.16 Å². The van der Waals surface area contributed by atoms with Crippen LogP contribution in [0.3, 0.4) is 0 Å². The van der Waals surface area contributed by atoms with Gasteiger partial charge in [-0.2, -0.15) is 16.8 Å². The molecule has 0 aromatic heterocycles. The molecule has 0 spiro atoms. The van der Waals surface area contributed by atoms with E-state index in [4.69, 9.17) is 10.2 Å². The van der Waals surface area contributed by atoms with E-state index in [1.807, 2.05) is 0 Å². The number of carboxylic acids is 1. The number of ketones is 1. The molecule has 2 aromatic carbocycles. The Labute approximate surface area is 207 Å². The number of hydrogen-bond donors (Lipinski definition) is 5. The highest BCUT2D eigenvalue weighted by Crippen LogP contribution is 2.45. The fraction of sp³-hybridized carbons (Fsp3) is 0.0455. The second kappa shape index (κ2) is 8.67. The minimum absolute atomic E-state index is 0.0400. The highest BCUT2D eigenvalue weighted by molar-refractivity contribution is 7.86. The Morgan fingerprint density at radius 2 is 1.54 bits per heavy atom. The van der Waals surface area contributed by atoms with E-state index in [0.717, 1.165) is 18.2 Å². The van der Waals surface area contributed by atoms with E-state index in [1.54, 1.807) is 0 Å². The van der Waals surface area contributed by atoms with Crippen LogP contribution in [0.15, 0.2) is 61.8 Å². The SMILES string of the molecule is CC(=O)c1ccc(-c2c3cc/c(=N\O)c(S(=O)(=O)O)c-3oc3c(S(=O)(=O)O)c(N)ccc23)c(C(=O)O)c1. The van der Waals surface area contributed by atoms with Crippen LogP contribution in [0.5, 0.6) is 0 Å². The summed E-state index contributed by atoms with van der Waals surface area (Å²) in [6, 6.07) is 8.14. The van der Waals surface area contributed by atoms with Gasteiger partial charge in [-0.15, -0.1) is 0 Å². The molecule has 0 saturated carbocycles. The van der Waals surface area contributed by atoms with Crippen LogP contribution in [-0.2, 0) is 20.2 Å². The molecule has 2 aromatic rings. The first-order chi connectivity index (χ1) is 17.2. The van der Waals surface area contributed by atoms with E-state index in [1.165, 1.54) is 31.2 Å². The van der Waals surface area contributed by atoms with Crippen molar-refractivity contribution in [3.05, 3.63) is 58.9 Å². The summed E-state index contributed by atoms with van der Waals surface area (Å²) in [4.78, 5) is 22.0. The van der Waals surface area contributed by atoms with E-state index in [9.17, 15) is 45.8 Å². The molecule has 15 heteroatoms. The molecule has 37 heavy (non-hydrogen) atoms. The third-order valence-corrected chi connectivity index (χ3v) is 7.37. The van der Waals surface area contributed by atoms with Crippen molar-refractivity contribution in [2.75, 3.05) is 5.73 Å². The number of aromatic carboxylic acids is 1. The fourth-order valence-corrected chi connectivity index (χ4v) is 5.53. The molecule has 0 saturated heterocycles. The number of hydrogen-bond acceptors (Lipinski definition) is 10. The van der Waals surface area contributed by atoms with Gasteiger partial charge in [-0.25, -0.2) is 4.79 Å². The summed E-state index contributed by atoms with van der Waals surface area (Å²) in [6.07, 6.45) is 0. The summed E-state index contributed by atoms with van der Waals surface area (Å²) in [7, 11) is -10.3. The van der Waals surface area contributed by atoms with Crippen molar-refractivity contribution >= 4 is 48.6 Å². The topological polar surface area (TPSA) is 235 Å². The Balaban J connectivity index is 2.39. The standard InChI is InChI=1S/C22H16N2O11S2/c1-9(25)10-2-3-11(14(8-10)22(26)27)17-12-4-6-15(23)20(36(29,30)31)18(12)35-19-13(17)5-7-16(24-28)21(19)37(32,33)34/h2-8,28H,23H2,1H3,(H,26,27)(H,29,30,31)(H,32,33,34)/b24-16+. The molecule has 1 heterocycles. The summed E-state index contributed by atoms with van der Waals surface area (Å²) in [5.41, 5.74) is 3.83. The lowest BCUT2D eigenvalue weighted by Gasteiger charge is -2.20. The molecule has 0 atom stereocenters. The number of fused-ring (bicyclic) bond motifs is 2. The molecular weight excluding hydrogens is 532 g/mol. The first kappa shape index (κ1) is 25.8. The smallest absolute Gasteiger partial charge is 0.336 e. The Kier molecular flexibility index (Phi) is 6.04. The number of benzene rings is 3. The number of anilines is 1. The highest BCUT2D eigenvalue weighted by atomic mass is 32.2. The predicted molar refractivity (Wildman–Crippen MR) is 127 cm³/mol. The van der Waals surface area contributed by atoms with E-state index < -0.39 is 69.7 Å². The molecule has 0 radical (unpaired) electrons. The van der Waals surface area contributed by atoms with Crippen LogP contribution in [0.4, 0.5) is 5.69 Å². The molecule has 1 aliphatic heterocycles. The van der Waals surface area contributed by atoms with Gasteiger partial charge in [-0.1, -0.05) is 17.3 Å². The summed E-state index contributed by atoms with van der Waals surface area (Å²) < 4.78 is 74.2. The van der Waals surface area contributed by atoms with Gasteiger partial charge in [-0.05, 0) is 42.8 Å². The monoisotopic (exact) mass is 548 g/mol. The molecule has 0 fully saturated rings. The van der Waals surface area contributed by atoms with Crippen molar-refractivity contribution in [1.82, 2.24) is 0 Å². The highest BCUT2D eigenvalue weighted by Gasteiger charge is 2.32. The Morgan fingerprint density at radius 3 is 2.08 bits per heavy atom. The third-order valence-electron chi connectivity index (χ3n) is 5.53. The van der Waals surface area contributed by atoms with Crippen LogP contribution in [0.2, 0.25) is 0 Å². The van der Waals surface area contributed by atoms with E-state index in [2.05, 4.69) is 5.16 Å². The normalized spacial score (nSPS) is 12.8. The van der Waals surface area contributed by atoms with Crippen LogP contribution >= 0.6 is 0 Å². The van der Waals surface area contributed by atoms with Crippen molar-refractivity contribution in [3.63, 3.8) is 0 Å². The van der Waals surface area contributed by atoms with Gasteiger partial charge in [0.15, 0.2) is 26.9 Å². The van der Waals surface area contributed by atoms with Gasteiger partial charge in [0.25, 0.3) is 10.1 Å². The average molecular weight is 549 g/mol. The maximum Gasteiger partial charge on any atom is 0.336 e. The number of Topliss-reactive ketones (excluding diaryl/α,β-unsaturated/α-hetero) is 1. The lowest BCUT2D eigenvalue weighted by atomic mass is 9.89. The Hall–Kier alpha value is -4.31. The molecule has 2 aliphatic rings. The molecular formula is C22H16N2O11S2. The summed E-state index contributed by atoms with van der Waals surface area (Å²) in [5, 5.41) is 21.2. The molecule has 0 unspecified atom stereocenters. The third kappa shape index (κ3) is 4.29. The maximum absolute atomic E-state index is 12.3. The van der Waals surface area contributed by atoms with Crippen molar-refractivity contribution in [3.8, 4) is 22.5 Å². The lowest BCUT2D eigenvalue weighted by molar-refractivity contribution is 0.0697. The largest absolute Gasteiger partial charge is 0.478 e. The Morgan fingerprint density at radius 1 is 0.919 bits per heavy atom. The van der Waals surface area contributed by atoms with Crippen LogP contribution in [-0.4, -0.2) is 48.0 Å². The second-order valence-electron chi connectivity index (χ2n) is 7.80. The van der Waals surface area contributed by atoms with Crippen LogP contribution in [0, 0.1) is 0 Å². The number of nitrogen functional groups attached to an aromatic ring is 1. The maximum atomic E-state index is 12.3. The zero-order chi connectivity index (χ0) is 27.4. The molecule has 1 aliphatic carbocycles. The first-order valence-electron chi connectivity index (χ1n) is 10.0. The molecule has 6 N–H and O–H groups in total. The van der Waals surface area contributed by atoms with E-state index >= 15 is 0 Å². The summed E-state index contributed by atoms with van der Waals surface area (Å²) in [5.74, 6) is -2.67. The number of carbonyl (C=O) groups excluding carboxylic acids is 1. The molecule has 0 amide bonds. The van der Waals surface area contributed by atoms with Gasteiger partial charge in [-0.3, -0.25) is 13.9 Å². The van der Waals surface area contributed by atoms with Crippen molar-refractivity contribution in [1.29, 1.82) is 0 Å². The minimum Gasteiger partial charge on any atom is -0.478 e. The van der Waals surface area contributed by atoms with Crippen molar-refractivity contribution in [2.45, 2.75) is 16.7 Å². The zero-order valence-electron chi connectivity index (χ0n) is 18.5. The molecule has 0 bridgehead atoms. The number of carbonyl (C=O) groups is 2. The lowest BCUT2D eigenvalue weighted by Crippen LogP contribution is -2.18. The van der Waals surface area contributed by atoms with Crippen LogP contribution in [0.1, 0.15) is 27.6 Å². The second-order valence-corrected chi connectivity index (χ2v) is 10.5. The number of rotatable bonds is 5. The molecule has 4 rings (SSSR count). The average Bonchev–Trinajstić information content (AvgIpc) is 2.79. The Bertz CT molecular complexity index is 1910. The molecule has 192 valence electrons. The molecule has 13 nitrogen and oxygen atoms in total. The minimum atomic E-state index is -5.19. The van der Waals surface area contributed by atoms with Crippen LogP contribution < -0.4 is 11.1 Å². The van der Waals surface area contributed by atoms with Crippen LogP contribution in [0.25, 0.3) is 33.4 Å². The van der Waals surface area contributed by atoms with Gasteiger partial charge in [0.2, 0.25) is 0 Å². The van der Waals surface area contributed by atoms with Gasteiger partial charge in [0, 0.05) is 22.1 Å². The summed E-state index contributed by atoms with van der Waals surface area (Å²) in [6.45, 7) is 1.21. The number of carboxylic acid groups (broad SMARTS) is 1. The van der Waals surface area contributed by atoms with Crippen molar-refractivity contribution < 1.29 is 50.3 Å². The van der Waals surface area contributed by atoms with E-state index in [0.29, 0.717) is 0 Å². The van der Waals surface area contributed by atoms with E-state index in [-0.39, 0.29) is 27.6 Å². The summed E-state index contributed by atoms with van der Waals surface area (Å²) >= 11 is 0. The number of nitrogens with two attached hydrogens (primary N) is 1. The fourth-order valence-electron chi connectivity index (χ4n) is 4.02.